The van der Waals surface area contributed by atoms with Crippen LogP contribution in [0.15, 0.2) is 83.4 Å². The maximum absolute atomic E-state index is 11.1. The van der Waals surface area contributed by atoms with Crippen molar-refractivity contribution in [2.75, 3.05) is 24.9 Å². The van der Waals surface area contributed by atoms with Gasteiger partial charge in [0.05, 0.1) is 64.7 Å². The van der Waals surface area contributed by atoms with Crippen LogP contribution in [-0.4, -0.2) is 53.6 Å². The molecule has 0 atom stereocenters. The summed E-state index contributed by atoms with van der Waals surface area (Å²) in [5, 5.41) is 58.7. The van der Waals surface area contributed by atoms with E-state index in [-0.39, 0.29) is 33.3 Å². The van der Waals surface area contributed by atoms with Crippen molar-refractivity contribution in [3.63, 3.8) is 0 Å². The van der Waals surface area contributed by atoms with Crippen molar-refractivity contribution in [2.45, 2.75) is 16.6 Å². The molecule has 6 rings (SSSR count). The molecule has 3 aromatic heterocycles. The highest BCUT2D eigenvalue weighted by Crippen LogP contribution is 2.32. The monoisotopic (exact) mass is 786 g/mol. The van der Waals surface area contributed by atoms with E-state index in [1.54, 1.807) is 67.5 Å². The van der Waals surface area contributed by atoms with Crippen molar-refractivity contribution in [2.24, 2.45) is 0 Å². The number of anilines is 3. The van der Waals surface area contributed by atoms with Crippen LogP contribution in [0.4, 0.5) is 34.4 Å². The van der Waals surface area contributed by atoms with E-state index in [1.807, 2.05) is 12.1 Å². The molecule has 0 aliphatic carbocycles. The number of fused-ring (bicyclic) bond motifs is 1. The van der Waals surface area contributed by atoms with Crippen LogP contribution in [-0.2, 0) is 6.54 Å². The van der Waals surface area contributed by atoms with Gasteiger partial charge in [-0.25, -0.2) is 19.8 Å². The Morgan fingerprint density at radius 3 is 2.23 bits per heavy atom. The van der Waals surface area contributed by atoms with Crippen LogP contribution in [0.3, 0.4) is 0 Å². The van der Waals surface area contributed by atoms with Crippen LogP contribution in [0.1, 0.15) is 11.1 Å². The molecule has 276 valence electrons. The quantitative estimate of drug-likeness (QED) is 0.0314. The highest BCUT2D eigenvalue weighted by atomic mass is 32.2. The summed E-state index contributed by atoms with van der Waals surface area (Å²) in [4.78, 5) is 44.4. The number of nitrogens with zero attached hydrogens (tertiary/aromatic N) is 12. The lowest BCUT2D eigenvalue weighted by Gasteiger charge is -2.15. The number of nitriles is 3. The molecule has 0 radical (unpaired) electrons. The summed E-state index contributed by atoms with van der Waals surface area (Å²) in [7, 11) is 3.14. The van der Waals surface area contributed by atoms with Gasteiger partial charge in [-0.15, -0.1) is 0 Å². The summed E-state index contributed by atoms with van der Waals surface area (Å²) in [6, 6.07) is 17.4. The summed E-state index contributed by atoms with van der Waals surface area (Å²) in [6.07, 6.45) is 3.53. The number of nitro groups is 2. The van der Waals surface area contributed by atoms with Crippen LogP contribution in [0.5, 0.6) is 11.5 Å². The second-order valence-corrected chi connectivity index (χ2v) is 12.1. The van der Waals surface area contributed by atoms with Gasteiger partial charge in [-0.2, -0.15) is 25.8 Å². The van der Waals surface area contributed by atoms with Gasteiger partial charge in [-0.05, 0) is 42.5 Å². The van der Waals surface area contributed by atoms with E-state index in [9.17, 15) is 25.5 Å². The van der Waals surface area contributed by atoms with Crippen molar-refractivity contribution < 1.29 is 19.3 Å². The number of thiocyanates is 2. The Morgan fingerprint density at radius 1 is 0.875 bits per heavy atom. The number of nitrogens with one attached hydrogen (secondary N) is 2. The number of benzene rings is 3. The predicted molar refractivity (Wildman–Crippen MR) is 203 cm³/mol. The Balaban J connectivity index is 0.000000228. The molecule has 6 aromatic rings. The number of hydrogen-bond donors (Lipinski definition) is 2. The van der Waals surface area contributed by atoms with Crippen LogP contribution >= 0.6 is 23.5 Å². The van der Waals surface area contributed by atoms with Gasteiger partial charge in [0.15, 0.2) is 15.7 Å². The van der Waals surface area contributed by atoms with E-state index in [0.717, 1.165) is 18.0 Å². The van der Waals surface area contributed by atoms with Gasteiger partial charge >= 0.3 is 11.4 Å². The number of thioether (sulfide) groups is 2. The maximum Gasteiger partial charge on any atom is 0.320 e. The van der Waals surface area contributed by atoms with Gasteiger partial charge in [0.1, 0.15) is 41.0 Å². The molecule has 0 spiro atoms. The lowest BCUT2D eigenvalue weighted by molar-refractivity contribution is -0.388. The molecule has 0 aliphatic rings. The van der Waals surface area contributed by atoms with E-state index >= 15 is 0 Å². The van der Waals surface area contributed by atoms with E-state index in [4.69, 9.17) is 26.6 Å². The Hall–Kier alpha value is -8.05. The highest BCUT2D eigenvalue weighted by molar-refractivity contribution is 8.04. The lowest BCUT2D eigenvalue weighted by Crippen LogP contribution is -2.06. The molecule has 0 fully saturated rings. The summed E-state index contributed by atoms with van der Waals surface area (Å²) in [5.41, 5.74) is 3.30. The zero-order chi connectivity index (χ0) is 40.2. The van der Waals surface area contributed by atoms with Crippen LogP contribution < -0.4 is 20.1 Å². The minimum Gasteiger partial charge on any atom is -0.497 e. The Labute approximate surface area is 324 Å². The Morgan fingerprint density at radius 2 is 1.59 bits per heavy atom. The molecule has 0 bridgehead atoms. The largest absolute Gasteiger partial charge is 0.497 e. The fraction of sp³-hybridized carbons (Fsp3) is 0.0882. The fourth-order valence-electron chi connectivity index (χ4n) is 4.78. The summed E-state index contributed by atoms with van der Waals surface area (Å²) in [6.45, 7) is 7.45. The number of aromatic nitrogens is 6. The first-order chi connectivity index (χ1) is 27.1. The van der Waals surface area contributed by atoms with Crippen molar-refractivity contribution in [1.29, 1.82) is 15.8 Å². The first-order valence-electron chi connectivity index (χ1n) is 15.4. The number of rotatable bonds is 12. The molecule has 0 saturated heterocycles. The summed E-state index contributed by atoms with van der Waals surface area (Å²) < 4.78 is 12.1. The topological polar surface area (TPSA) is 274 Å². The zero-order valence-electron chi connectivity index (χ0n) is 28.8. The third kappa shape index (κ3) is 9.11. The van der Waals surface area contributed by atoms with Crippen molar-refractivity contribution >= 4 is 68.9 Å². The Kier molecular flexibility index (Phi) is 12.7. The van der Waals surface area contributed by atoms with E-state index < -0.39 is 9.85 Å². The van der Waals surface area contributed by atoms with Gasteiger partial charge in [0.25, 0.3) is 0 Å². The average molecular weight is 787 g/mol. The number of imidazole rings is 1. The molecule has 22 heteroatoms. The molecule has 0 saturated carbocycles. The highest BCUT2D eigenvalue weighted by Gasteiger charge is 2.21. The molecular weight excluding hydrogens is 765 g/mol. The maximum atomic E-state index is 11.1. The zero-order valence-corrected chi connectivity index (χ0v) is 30.4. The van der Waals surface area contributed by atoms with Crippen molar-refractivity contribution in [1.82, 2.24) is 29.5 Å². The molecule has 0 amide bonds. The number of methoxy groups -OCH3 is 2. The third-order valence-electron chi connectivity index (χ3n) is 7.37. The Bertz CT molecular complexity index is 2650. The molecule has 56 heavy (non-hydrogen) atoms. The second-order valence-electron chi connectivity index (χ2n) is 10.6. The van der Waals surface area contributed by atoms with E-state index in [1.165, 1.54) is 10.9 Å². The van der Waals surface area contributed by atoms with Gasteiger partial charge in [0, 0.05) is 41.7 Å². The van der Waals surface area contributed by atoms with Crippen molar-refractivity contribution in [3.8, 4) is 34.3 Å². The smallest absolute Gasteiger partial charge is 0.320 e. The predicted octanol–water partition coefficient (Wildman–Crippen LogP) is 7.05. The van der Waals surface area contributed by atoms with Gasteiger partial charge in [-0.3, -0.25) is 24.8 Å². The molecule has 3 heterocycles. The first kappa shape index (κ1) is 39.2. The minimum atomic E-state index is -0.658. The first-order valence-corrected chi connectivity index (χ1v) is 17.0. The van der Waals surface area contributed by atoms with Crippen LogP contribution in [0.2, 0.25) is 0 Å². The van der Waals surface area contributed by atoms with Gasteiger partial charge < -0.3 is 20.1 Å². The molecule has 3 aromatic carbocycles. The normalized spacial score (nSPS) is 10.0. The standard InChI is InChI=1S/C21H17N7O4S.C13H5N7O2S/c1-31-15-5-4-14(19(8-15)32-2)10-24-16-6-3-13(9-22)7-17(16)26-21-25-11-18(28(29)30)20(27-21)33-12-23;1-15-8-2-3-9-10(4-8)19(7-17-9)13-16-5-11(20(21)22)12(18-13)23-6-14/h3-8,11,24H,10H2,1-2H3,(H,25,26,27);2-5,7H. The third-order valence-corrected chi connectivity index (χ3v) is 8.54. The molecule has 0 aliphatic heterocycles. The number of hydrogen-bond acceptors (Lipinski definition) is 18. The molecule has 20 nitrogen and oxygen atoms in total. The van der Waals surface area contributed by atoms with Gasteiger partial charge in [-0.1, -0.05) is 6.07 Å². The summed E-state index contributed by atoms with van der Waals surface area (Å²) >= 11 is 1.15. The second kappa shape index (κ2) is 18.1. The SMILES string of the molecule is COc1ccc(CNc2ccc(C#N)cc2Nc2ncc([N+](=O)[O-])c(SC#N)n2)c(OC)c1.[C-]#[N+]c1ccc2ncn(-c3ncc([N+](=O)[O-])c(SC#N)n3)c2c1. The minimum absolute atomic E-state index is 0.0403. The van der Waals surface area contributed by atoms with E-state index in [2.05, 4.69) is 46.5 Å². The van der Waals surface area contributed by atoms with Crippen LogP contribution in [0, 0.1) is 59.5 Å². The van der Waals surface area contributed by atoms with Crippen molar-refractivity contribution in [3.05, 3.63) is 116 Å². The number of ether oxygens (including phenoxy) is 2. The average Bonchev–Trinajstić information content (AvgIpc) is 3.64. The molecule has 2 N–H and O–H groups in total. The van der Waals surface area contributed by atoms with E-state index in [0.29, 0.717) is 75.2 Å². The molecular formula is C34H22N14O6S2. The summed E-state index contributed by atoms with van der Waals surface area (Å²) in [5.74, 6) is 1.48. The fourth-order valence-corrected chi connectivity index (χ4v) is 5.68. The van der Waals surface area contributed by atoms with Gasteiger partial charge in [0.2, 0.25) is 11.9 Å². The van der Waals surface area contributed by atoms with Crippen LogP contribution in [0.25, 0.3) is 21.8 Å². The lowest BCUT2D eigenvalue weighted by atomic mass is 10.1. The molecule has 0 unspecified atom stereocenters.